The highest BCUT2D eigenvalue weighted by Gasteiger charge is 2.37. The zero-order valence-corrected chi connectivity index (χ0v) is 20.5. The van der Waals surface area contributed by atoms with Gasteiger partial charge in [0.25, 0.3) is 5.89 Å². The van der Waals surface area contributed by atoms with Crippen LogP contribution in [0.5, 0.6) is 0 Å². The van der Waals surface area contributed by atoms with Crippen molar-refractivity contribution in [1.82, 2.24) is 10.2 Å². The molecular formula is C28H37N3O3. The van der Waals surface area contributed by atoms with Crippen molar-refractivity contribution in [2.24, 2.45) is 5.92 Å². The molecule has 34 heavy (non-hydrogen) atoms. The van der Waals surface area contributed by atoms with E-state index in [0.717, 1.165) is 44.2 Å². The molecule has 0 bridgehead atoms. The smallest absolute Gasteiger partial charge is 0.271 e. The van der Waals surface area contributed by atoms with Gasteiger partial charge in [-0.25, -0.2) is 0 Å². The first kappa shape index (κ1) is 24.6. The molecule has 0 spiro atoms. The Bertz CT molecular complexity index is 1000. The summed E-state index contributed by atoms with van der Waals surface area (Å²) in [6.07, 6.45) is 6.09. The van der Waals surface area contributed by atoms with Crippen LogP contribution >= 0.6 is 0 Å². The summed E-state index contributed by atoms with van der Waals surface area (Å²) in [6, 6.07) is 19.8. The fourth-order valence-corrected chi connectivity index (χ4v) is 5.00. The van der Waals surface area contributed by atoms with Gasteiger partial charge in [0, 0.05) is 6.42 Å². The number of hydrogen-bond acceptors (Lipinski definition) is 5. The minimum atomic E-state index is -1.49. The molecule has 0 N–H and O–H groups in total. The Hall–Kier alpha value is -2.54. The Labute approximate surface area is 203 Å². The van der Waals surface area contributed by atoms with Crippen LogP contribution in [0.4, 0.5) is 0 Å². The molecule has 4 rings (SSSR count). The maximum atomic E-state index is 14.4. The molecule has 0 aliphatic heterocycles. The van der Waals surface area contributed by atoms with E-state index in [2.05, 4.69) is 36.4 Å². The summed E-state index contributed by atoms with van der Waals surface area (Å²) in [6.45, 7) is 2.83. The van der Waals surface area contributed by atoms with E-state index in [0.29, 0.717) is 30.1 Å². The highest BCUT2D eigenvalue weighted by atomic mass is 16.5. The minimum absolute atomic E-state index is 0.0267. The molecule has 3 aromatic rings. The van der Waals surface area contributed by atoms with Gasteiger partial charge in [0.05, 0.1) is 33.9 Å². The lowest BCUT2D eigenvalue weighted by molar-refractivity contribution is -0.905. The van der Waals surface area contributed by atoms with Gasteiger partial charge in [-0.2, -0.15) is 0 Å². The lowest BCUT2D eigenvalue weighted by atomic mass is 9.73. The van der Waals surface area contributed by atoms with Crippen LogP contribution in [0.2, 0.25) is 0 Å². The minimum Gasteiger partial charge on any atom is -0.839 e. The molecule has 1 aliphatic rings. The fraction of sp³-hybridized carbons (Fsp3) is 0.500. The van der Waals surface area contributed by atoms with E-state index in [1.165, 1.54) is 12.0 Å². The maximum absolute atomic E-state index is 14.4. The standard InChI is InChI=1S/C28H37N3O3/c1-31(2,19-12-20-33-22-23-13-6-3-7-14-23)21-26-29-30-27(34-26)28(32,24-15-8-4-9-16-24)25-17-10-5-11-18-25/h3-4,6-9,13-16,25H,5,10-12,17-22H2,1-2H3. The topological polar surface area (TPSA) is 71.2 Å². The Morgan fingerprint density at radius 2 is 1.65 bits per heavy atom. The predicted octanol–water partition coefficient (Wildman–Crippen LogP) is 4.44. The monoisotopic (exact) mass is 463 g/mol. The molecule has 1 saturated carbocycles. The van der Waals surface area contributed by atoms with Crippen molar-refractivity contribution < 1.29 is 18.7 Å². The Kier molecular flexibility index (Phi) is 8.14. The lowest BCUT2D eigenvalue weighted by Gasteiger charge is -2.46. The van der Waals surface area contributed by atoms with Crippen molar-refractivity contribution >= 4 is 0 Å². The average molecular weight is 464 g/mol. The molecule has 1 atom stereocenters. The zero-order valence-electron chi connectivity index (χ0n) is 20.5. The van der Waals surface area contributed by atoms with E-state index in [1.54, 1.807) is 0 Å². The molecule has 6 heteroatoms. The van der Waals surface area contributed by atoms with Crippen molar-refractivity contribution in [3.05, 3.63) is 83.6 Å². The van der Waals surface area contributed by atoms with Gasteiger partial charge in [0.1, 0.15) is 0 Å². The van der Waals surface area contributed by atoms with Crippen LogP contribution < -0.4 is 5.11 Å². The molecule has 1 unspecified atom stereocenters. The predicted molar refractivity (Wildman–Crippen MR) is 129 cm³/mol. The van der Waals surface area contributed by atoms with Crippen LogP contribution in [0.15, 0.2) is 65.1 Å². The molecule has 1 aromatic heterocycles. The van der Waals surface area contributed by atoms with Crippen molar-refractivity contribution in [2.45, 2.75) is 57.3 Å². The summed E-state index contributed by atoms with van der Waals surface area (Å²) in [4.78, 5) is 0. The number of benzene rings is 2. The highest BCUT2D eigenvalue weighted by Crippen LogP contribution is 2.41. The van der Waals surface area contributed by atoms with E-state index in [9.17, 15) is 5.11 Å². The van der Waals surface area contributed by atoms with Gasteiger partial charge in [-0.05, 0) is 22.6 Å². The van der Waals surface area contributed by atoms with Gasteiger partial charge in [-0.1, -0.05) is 92.8 Å². The lowest BCUT2D eigenvalue weighted by Crippen LogP contribution is -2.49. The van der Waals surface area contributed by atoms with Gasteiger partial charge in [-0.3, -0.25) is 0 Å². The Morgan fingerprint density at radius 3 is 2.35 bits per heavy atom. The molecular weight excluding hydrogens is 426 g/mol. The second-order valence-corrected chi connectivity index (χ2v) is 10.1. The van der Waals surface area contributed by atoms with E-state index in [-0.39, 0.29) is 11.8 Å². The maximum Gasteiger partial charge on any atom is 0.271 e. The Morgan fingerprint density at radius 1 is 0.971 bits per heavy atom. The highest BCUT2D eigenvalue weighted by molar-refractivity contribution is 5.28. The zero-order chi connectivity index (χ0) is 23.9. The van der Waals surface area contributed by atoms with Crippen LogP contribution in [0.25, 0.3) is 0 Å². The number of hydrogen-bond donors (Lipinski definition) is 0. The molecule has 0 saturated heterocycles. The van der Waals surface area contributed by atoms with Crippen molar-refractivity contribution in [3.8, 4) is 0 Å². The van der Waals surface area contributed by atoms with Crippen LogP contribution in [0.1, 0.15) is 61.4 Å². The van der Waals surface area contributed by atoms with E-state index < -0.39 is 5.60 Å². The molecule has 6 nitrogen and oxygen atoms in total. The summed E-state index contributed by atoms with van der Waals surface area (Å²) in [7, 11) is 4.29. The molecule has 1 fully saturated rings. The van der Waals surface area contributed by atoms with Gasteiger partial charge < -0.3 is 18.7 Å². The normalized spacial score (nSPS) is 16.9. The van der Waals surface area contributed by atoms with Crippen LogP contribution in [-0.2, 0) is 23.5 Å². The number of quaternary nitrogens is 1. The quantitative estimate of drug-likeness (QED) is 0.311. The molecule has 0 amide bonds. The molecule has 1 aliphatic carbocycles. The van der Waals surface area contributed by atoms with Crippen molar-refractivity contribution in [3.63, 3.8) is 0 Å². The summed E-state index contributed by atoms with van der Waals surface area (Å²) < 4.78 is 12.6. The third-order valence-corrected chi connectivity index (χ3v) is 6.89. The van der Waals surface area contributed by atoms with E-state index >= 15 is 0 Å². The number of rotatable bonds is 11. The van der Waals surface area contributed by atoms with E-state index in [1.807, 2.05) is 48.5 Å². The summed E-state index contributed by atoms with van der Waals surface area (Å²) >= 11 is 0. The molecule has 1 heterocycles. The van der Waals surface area contributed by atoms with Gasteiger partial charge in [0.15, 0.2) is 6.54 Å². The van der Waals surface area contributed by atoms with Crippen molar-refractivity contribution in [2.75, 3.05) is 27.2 Å². The summed E-state index contributed by atoms with van der Waals surface area (Å²) in [5.41, 5.74) is 0.420. The van der Waals surface area contributed by atoms with Gasteiger partial charge in [0.2, 0.25) is 5.89 Å². The first-order valence-electron chi connectivity index (χ1n) is 12.5. The molecule has 182 valence electrons. The summed E-state index contributed by atoms with van der Waals surface area (Å²) in [5.74, 6) is 0.713. The fourth-order valence-electron chi connectivity index (χ4n) is 5.00. The second-order valence-electron chi connectivity index (χ2n) is 10.1. The van der Waals surface area contributed by atoms with Gasteiger partial charge >= 0.3 is 0 Å². The largest absolute Gasteiger partial charge is 0.839 e. The van der Waals surface area contributed by atoms with E-state index in [4.69, 9.17) is 9.15 Å². The summed E-state index contributed by atoms with van der Waals surface area (Å²) in [5, 5.41) is 23.0. The Balaban J connectivity index is 1.37. The molecule has 2 aromatic carbocycles. The SMILES string of the molecule is C[N+](C)(CCCOCc1ccccc1)Cc1nnc(C([O-])(c2ccccc2)C2CCCCC2)o1. The van der Waals surface area contributed by atoms with Crippen LogP contribution in [0.3, 0.4) is 0 Å². The second kappa shape index (κ2) is 11.3. The first-order chi connectivity index (χ1) is 16.5. The number of nitrogens with zero attached hydrogens (tertiary/aromatic N) is 3. The first-order valence-corrected chi connectivity index (χ1v) is 12.5. The third-order valence-electron chi connectivity index (χ3n) is 6.89. The van der Waals surface area contributed by atoms with Crippen LogP contribution in [0, 0.1) is 5.92 Å². The van der Waals surface area contributed by atoms with Crippen molar-refractivity contribution in [1.29, 1.82) is 0 Å². The van der Waals surface area contributed by atoms with Crippen LogP contribution in [-0.4, -0.2) is 41.9 Å². The molecule has 0 radical (unpaired) electrons. The number of ether oxygens (including phenoxy) is 1. The number of aromatic nitrogens is 2. The average Bonchev–Trinajstić information content (AvgIpc) is 3.33. The third kappa shape index (κ3) is 6.12. The van der Waals surface area contributed by atoms with Gasteiger partial charge in [-0.15, -0.1) is 10.2 Å².